The number of aliphatic imine (C=N–C) groups is 1. The fraction of sp³-hybridized carbons (Fsp3) is 0.387. The molecule has 1 aliphatic heterocycles. The first kappa shape index (κ1) is 26.0. The lowest BCUT2D eigenvalue weighted by atomic mass is 9.81. The van der Waals surface area contributed by atoms with Crippen LogP contribution in [0.4, 0.5) is 0 Å². The molecule has 5 unspecified atom stereocenters. The van der Waals surface area contributed by atoms with Crippen molar-refractivity contribution in [2.45, 2.75) is 49.7 Å². The van der Waals surface area contributed by atoms with E-state index in [0.717, 1.165) is 22.7 Å². The van der Waals surface area contributed by atoms with Crippen molar-refractivity contribution < 1.29 is 14.2 Å². The summed E-state index contributed by atoms with van der Waals surface area (Å²) >= 11 is 1.86. The van der Waals surface area contributed by atoms with Crippen LogP contribution in [0.15, 0.2) is 96.0 Å². The highest BCUT2D eigenvalue weighted by Crippen LogP contribution is 2.43. The smallest absolute Gasteiger partial charge is 0.159 e. The van der Waals surface area contributed by atoms with Gasteiger partial charge in [0.05, 0.1) is 38.6 Å². The standard InChI is InChI=1S/C31H36N2O3S/c1-33(2)31-32-28-27(37-31)18-26(22-34-19-23-12-6-3-7-13-23)29(35-20-24-14-8-4-9-15-24)30(28)36-21-25-16-10-5-11-17-25/h3-17,26-30H,18-22H2,1-2H3. The molecule has 0 N–H and O–H groups in total. The molecule has 1 heterocycles. The minimum absolute atomic E-state index is 0.0530. The summed E-state index contributed by atoms with van der Waals surface area (Å²) in [4.78, 5) is 7.24. The number of ether oxygens (including phenoxy) is 3. The van der Waals surface area contributed by atoms with E-state index in [-0.39, 0.29) is 24.2 Å². The summed E-state index contributed by atoms with van der Waals surface area (Å²) in [6.07, 6.45) is 0.708. The average Bonchev–Trinajstić information content (AvgIpc) is 3.37. The van der Waals surface area contributed by atoms with Crippen molar-refractivity contribution in [2.75, 3.05) is 20.7 Å². The predicted octanol–water partition coefficient (Wildman–Crippen LogP) is 5.80. The van der Waals surface area contributed by atoms with Crippen LogP contribution in [0.25, 0.3) is 0 Å². The number of amidine groups is 1. The zero-order chi connectivity index (χ0) is 25.5. The molecule has 0 radical (unpaired) electrons. The van der Waals surface area contributed by atoms with Gasteiger partial charge in [0.25, 0.3) is 0 Å². The Bertz CT molecular complexity index is 1130. The lowest BCUT2D eigenvalue weighted by Crippen LogP contribution is -2.54. The first-order valence-electron chi connectivity index (χ1n) is 13.0. The maximum absolute atomic E-state index is 6.69. The monoisotopic (exact) mass is 516 g/mol. The van der Waals surface area contributed by atoms with E-state index in [0.29, 0.717) is 31.7 Å². The highest BCUT2D eigenvalue weighted by atomic mass is 32.2. The van der Waals surface area contributed by atoms with Crippen molar-refractivity contribution in [1.29, 1.82) is 0 Å². The molecule has 6 heteroatoms. The second-order valence-corrected chi connectivity index (χ2v) is 11.2. The topological polar surface area (TPSA) is 43.3 Å². The third-order valence-electron chi connectivity index (χ3n) is 6.95. The van der Waals surface area contributed by atoms with Gasteiger partial charge >= 0.3 is 0 Å². The van der Waals surface area contributed by atoms with Crippen LogP contribution < -0.4 is 0 Å². The summed E-state index contributed by atoms with van der Waals surface area (Å²) in [7, 11) is 4.12. The number of thioether (sulfide) groups is 1. The highest BCUT2D eigenvalue weighted by Gasteiger charge is 2.50. The first-order chi connectivity index (χ1) is 18.2. The maximum Gasteiger partial charge on any atom is 0.159 e. The molecule has 0 bridgehead atoms. The zero-order valence-corrected chi connectivity index (χ0v) is 22.4. The van der Waals surface area contributed by atoms with Gasteiger partial charge in [0.1, 0.15) is 6.10 Å². The molecule has 3 aromatic carbocycles. The summed E-state index contributed by atoms with van der Waals surface area (Å²) in [6, 6.07) is 31.1. The van der Waals surface area contributed by atoms with Gasteiger partial charge in [0.15, 0.2) is 5.17 Å². The van der Waals surface area contributed by atoms with Crippen LogP contribution in [-0.4, -0.2) is 54.3 Å². The van der Waals surface area contributed by atoms with Gasteiger partial charge in [-0.15, -0.1) is 0 Å². The van der Waals surface area contributed by atoms with Crippen molar-refractivity contribution in [1.82, 2.24) is 4.90 Å². The molecule has 37 heavy (non-hydrogen) atoms. The van der Waals surface area contributed by atoms with Crippen molar-refractivity contribution >= 4 is 16.9 Å². The molecule has 194 valence electrons. The van der Waals surface area contributed by atoms with Crippen LogP contribution in [0.3, 0.4) is 0 Å². The van der Waals surface area contributed by atoms with Gasteiger partial charge in [-0.2, -0.15) is 0 Å². The summed E-state index contributed by atoms with van der Waals surface area (Å²) in [5.41, 5.74) is 3.50. The number of fused-ring (bicyclic) bond motifs is 1. The van der Waals surface area contributed by atoms with Crippen LogP contribution in [0.2, 0.25) is 0 Å². The molecule has 1 saturated carbocycles. The molecule has 5 rings (SSSR count). The van der Waals surface area contributed by atoms with E-state index in [4.69, 9.17) is 19.2 Å². The predicted molar refractivity (Wildman–Crippen MR) is 151 cm³/mol. The molecule has 5 atom stereocenters. The molecule has 0 aromatic heterocycles. The normalized spacial score (nSPS) is 24.9. The van der Waals surface area contributed by atoms with Gasteiger partial charge in [-0.1, -0.05) is 103 Å². The zero-order valence-electron chi connectivity index (χ0n) is 21.6. The number of hydrogen-bond donors (Lipinski definition) is 0. The molecule has 0 saturated heterocycles. The van der Waals surface area contributed by atoms with Crippen LogP contribution in [-0.2, 0) is 34.0 Å². The Hall–Kier alpha value is -2.64. The van der Waals surface area contributed by atoms with E-state index in [1.54, 1.807) is 0 Å². The summed E-state index contributed by atoms with van der Waals surface area (Å²) in [5.74, 6) is 0.207. The second-order valence-electron chi connectivity index (χ2n) is 9.97. The van der Waals surface area contributed by atoms with Gasteiger partial charge in [-0.25, -0.2) is 0 Å². The van der Waals surface area contributed by atoms with Gasteiger partial charge in [-0.05, 0) is 23.1 Å². The van der Waals surface area contributed by atoms with Gasteiger partial charge in [-0.3, -0.25) is 4.99 Å². The second kappa shape index (κ2) is 12.7. The van der Waals surface area contributed by atoms with Gasteiger partial charge in [0, 0.05) is 25.3 Å². The van der Waals surface area contributed by atoms with E-state index in [1.165, 1.54) is 5.56 Å². The number of benzene rings is 3. The van der Waals surface area contributed by atoms with Crippen molar-refractivity contribution in [3.8, 4) is 0 Å². The van der Waals surface area contributed by atoms with Gasteiger partial charge in [0.2, 0.25) is 0 Å². The Labute approximate surface area is 224 Å². The fourth-order valence-electron chi connectivity index (χ4n) is 5.06. The van der Waals surface area contributed by atoms with E-state index in [9.17, 15) is 0 Å². The largest absolute Gasteiger partial charge is 0.376 e. The van der Waals surface area contributed by atoms with Crippen LogP contribution in [0.1, 0.15) is 23.1 Å². The third kappa shape index (κ3) is 6.82. The SMILES string of the molecule is CN(C)C1=NC2C(CC(COCc3ccccc3)C(OCc3ccccc3)C2OCc2ccccc2)S1. The van der Waals surface area contributed by atoms with E-state index >= 15 is 0 Å². The minimum atomic E-state index is -0.155. The molecule has 3 aromatic rings. The molecular weight excluding hydrogens is 480 g/mol. The Morgan fingerprint density at radius 2 is 1.24 bits per heavy atom. The van der Waals surface area contributed by atoms with E-state index in [1.807, 2.05) is 30.0 Å². The molecule has 2 aliphatic rings. The fourth-order valence-corrected chi connectivity index (χ4v) is 6.42. The Morgan fingerprint density at radius 1 is 0.730 bits per heavy atom. The summed E-state index contributed by atoms with van der Waals surface area (Å²) in [6.45, 7) is 2.30. The highest BCUT2D eigenvalue weighted by molar-refractivity contribution is 8.14. The minimum Gasteiger partial charge on any atom is -0.376 e. The molecule has 0 spiro atoms. The van der Waals surface area contributed by atoms with E-state index < -0.39 is 0 Å². The Morgan fingerprint density at radius 3 is 1.78 bits per heavy atom. The lowest BCUT2D eigenvalue weighted by molar-refractivity contribution is -0.145. The van der Waals surface area contributed by atoms with Crippen LogP contribution in [0, 0.1) is 5.92 Å². The summed E-state index contributed by atoms with van der Waals surface area (Å²) < 4.78 is 19.7. The van der Waals surface area contributed by atoms with Crippen molar-refractivity contribution in [3.63, 3.8) is 0 Å². The number of rotatable bonds is 10. The van der Waals surface area contributed by atoms with Crippen molar-refractivity contribution in [2.24, 2.45) is 10.9 Å². The number of hydrogen-bond acceptors (Lipinski definition) is 6. The molecule has 1 fully saturated rings. The lowest BCUT2D eigenvalue weighted by Gasteiger charge is -2.42. The third-order valence-corrected chi connectivity index (χ3v) is 8.41. The van der Waals surface area contributed by atoms with E-state index in [2.05, 4.69) is 91.8 Å². The molecular formula is C31H36N2O3S. The van der Waals surface area contributed by atoms with Crippen LogP contribution in [0.5, 0.6) is 0 Å². The Kier molecular flexibility index (Phi) is 8.95. The maximum atomic E-state index is 6.69. The number of nitrogens with zero attached hydrogens (tertiary/aromatic N) is 2. The quantitative estimate of drug-likeness (QED) is 0.341. The average molecular weight is 517 g/mol. The molecule has 1 aliphatic carbocycles. The molecule has 5 nitrogen and oxygen atoms in total. The summed E-state index contributed by atoms with van der Waals surface area (Å²) in [5, 5.41) is 1.41. The van der Waals surface area contributed by atoms with Gasteiger partial charge < -0.3 is 19.1 Å². The first-order valence-corrected chi connectivity index (χ1v) is 13.9. The molecule has 0 amide bonds. The van der Waals surface area contributed by atoms with Crippen molar-refractivity contribution in [3.05, 3.63) is 108 Å². The van der Waals surface area contributed by atoms with Crippen LogP contribution >= 0.6 is 11.8 Å². The Balaban J connectivity index is 1.37.